The van der Waals surface area contributed by atoms with E-state index in [9.17, 15) is 0 Å². The summed E-state index contributed by atoms with van der Waals surface area (Å²) in [6.45, 7) is 0.777. The number of rotatable bonds is 3. The average Bonchev–Trinajstić information content (AvgIpc) is 2.08. The Morgan fingerprint density at radius 1 is 1.21 bits per heavy atom. The van der Waals surface area contributed by atoms with Crippen molar-refractivity contribution in [2.24, 2.45) is 0 Å². The van der Waals surface area contributed by atoms with Gasteiger partial charge < -0.3 is 4.90 Å². The minimum absolute atomic E-state index is 0.0558. The van der Waals surface area contributed by atoms with Gasteiger partial charge >= 0.3 is 0 Å². The van der Waals surface area contributed by atoms with Crippen LogP contribution in [0.4, 0.5) is 0 Å². The second-order valence-corrected chi connectivity index (χ2v) is 4.74. The van der Waals surface area contributed by atoms with E-state index in [0.717, 1.165) is 12.1 Å². The summed E-state index contributed by atoms with van der Waals surface area (Å²) < 4.78 is 0. The van der Waals surface area contributed by atoms with E-state index in [4.69, 9.17) is 34.8 Å². The lowest BCUT2D eigenvalue weighted by Crippen LogP contribution is -2.17. The number of alkyl halides is 1. The van der Waals surface area contributed by atoms with E-state index in [2.05, 4.69) is 0 Å². The molecule has 0 radical (unpaired) electrons. The smallest absolute Gasteiger partial charge is 0.0712 e. The van der Waals surface area contributed by atoms with Crippen LogP contribution in [0.15, 0.2) is 18.2 Å². The highest BCUT2D eigenvalue weighted by Crippen LogP contribution is 2.28. The van der Waals surface area contributed by atoms with Gasteiger partial charge in [-0.05, 0) is 31.8 Å². The Hall–Kier alpha value is 0.0500. The van der Waals surface area contributed by atoms with Crippen molar-refractivity contribution in [3.8, 4) is 0 Å². The second kappa shape index (κ2) is 5.22. The number of benzene rings is 1. The zero-order valence-electron chi connectivity index (χ0n) is 8.10. The topological polar surface area (TPSA) is 3.24 Å². The molecule has 1 aromatic carbocycles. The molecule has 0 saturated carbocycles. The molecule has 1 unspecified atom stereocenters. The van der Waals surface area contributed by atoms with E-state index in [0.29, 0.717) is 10.0 Å². The van der Waals surface area contributed by atoms with Crippen molar-refractivity contribution in [2.45, 2.75) is 5.38 Å². The predicted octanol–water partition coefficient (Wildman–Crippen LogP) is 3.83. The lowest BCUT2D eigenvalue weighted by molar-refractivity contribution is 0.408. The monoisotopic (exact) mass is 251 g/mol. The first kappa shape index (κ1) is 12.1. The first-order valence-electron chi connectivity index (χ1n) is 4.24. The van der Waals surface area contributed by atoms with Crippen molar-refractivity contribution in [3.63, 3.8) is 0 Å². The lowest BCUT2D eigenvalue weighted by Gasteiger charge is -2.15. The van der Waals surface area contributed by atoms with Gasteiger partial charge in [0, 0.05) is 6.54 Å². The van der Waals surface area contributed by atoms with Crippen LogP contribution in [0.2, 0.25) is 10.0 Å². The van der Waals surface area contributed by atoms with E-state index in [1.54, 1.807) is 6.07 Å². The van der Waals surface area contributed by atoms with E-state index < -0.39 is 0 Å². The van der Waals surface area contributed by atoms with Gasteiger partial charge in [-0.3, -0.25) is 0 Å². The van der Waals surface area contributed by atoms with Crippen LogP contribution in [0.25, 0.3) is 0 Å². The van der Waals surface area contributed by atoms with Gasteiger partial charge in [-0.1, -0.05) is 29.3 Å². The standard InChI is InChI=1S/C10H12Cl3N/c1-14(2)6-10(13)7-3-4-8(11)9(12)5-7/h3-5,10H,6H2,1-2H3. The Labute approximate surface area is 99.6 Å². The lowest BCUT2D eigenvalue weighted by atomic mass is 10.1. The van der Waals surface area contributed by atoms with Crippen LogP contribution in [0.3, 0.4) is 0 Å². The fourth-order valence-electron chi connectivity index (χ4n) is 1.13. The van der Waals surface area contributed by atoms with E-state index in [1.165, 1.54) is 0 Å². The molecule has 1 nitrogen and oxygen atoms in total. The fraction of sp³-hybridized carbons (Fsp3) is 0.400. The summed E-state index contributed by atoms with van der Waals surface area (Å²) in [5, 5.41) is 1.05. The molecule has 0 spiro atoms. The Morgan fingerprint density at radius 3 is 2.36 bits per heavy atom. The van der Waals surface area contributed by atoms with Crippen LogP contribution in [0.5, 0.6) is 0 Å². The van der Waals surface area contributed by atoms with Gasteiger partial charge in [-0.15, -0.1) is 11.6 Å². The van der Waals surface area contributed by atoms with Gasteiger partial charge in [0.1, 0.15) is 0 Å². The molecule has 78 valence electrons. The largest absolute Gasteiger partial charge is 0.308 e. The third-order valence-electron chi connectivity index (χ3n) is 1.83. The quantitative estimate of drug-likeness (QED) is 0.739. The summed E-state index contributed by atoms with van der Waals surface area (Å²) >= 11 is 17.9. The van der Waals surface area contributed by atoms with Gasteiger partial charge in [0.25, 0.3) is 0 Å². The average molecular weight is 253 g/mol. The fourth-order valence-corrected chi connectivity index (χ4v) is 1.85. The Kier molecular flexibility index (Phi) is 4.52. The maximum Gasteiger partial charge on any atom is 0.0712 e. The molecule has 14 heavy (non-hydrogen) atoms. The minimum Gasteiger partial charge on any atom is -0.308 e. The van der Waals surface area contributed by atoms with Crippen molar-refractivity contribution in [3.05, 3.63) is 33.8 Å². The van der Waals surface area contributed by atoms with Gasteiger partial charge in [-0.25, -0.2) is 0 Å². The number of nitrogens with zero attached hydrogens (tertiary/aromatic N) is 1. The van der Waals surface area contributed by atoms with Crippen molar-refractivity contribution < 1.29 is 0 Å². The number of halogens is 3. The predicted molar refractivity (Wildman–Crippen MR) is 63.6 cm³/mol. The molecular formula is C10H12Cl3N. The first-order valence-corrected chi connectivity index (χ1v) is 5.43. The molecule has 0 heterocycles. The van der Waals surface area contributed by atoms with Gasteiger partial charge in [0.2, 0.25) is 0 Å². The third-order valence-corrected chi connectivity index (χ3v) is 2.96. The Bertz CT molecular complexity index is 312. The highest BCUT2D eigenvalue weighted by atomic mass is 35.5. The van der Waals surface area contributed by atoms with Gasteiger partial charge in [0.05, 0.1) is 15.4 Å². The summed E-state index contributed by atoms with van der Waals surface area (Å²) in [4.78, 5) is 2.03. The molecular weight excluding hydrogens is 240 g/mol. The molecule has 1 atom stereocenters. The summed E-state index contributed by atoms with van der Waals surface area (Å²) in [6.07, 6.45) is 0. The highest BCUT2D eigenvalue weighted by molar-refractivity contribution is 6.42. The molecule has 0 aliphatic carbocycles. The molecule has 0 saturated heterocycles. The Balaban J connectivity index is 2.80. The molecule has 0 amide bonds. The third kappa shape index (κ3) is 3.32. The van der Waals surface area contributed by atoms with Crippen molar-refractivity contribution in [1.82, 2.24) is 4.90 Å². The molecule has 0 aliphatic heterocycles. The number of likely N-dealkylation sites (N-methyl/N-ethyl adjacent to an activating group) is 1. The molecule has 1 rings (SSSR count). The zero-order valence-corrected chi connectivity index (χ0v) is 10.4. The van der Waals surface area contributed by atoms with Crippen LogP contribution >= 0.6 is 34.8 Å². The van der Waals surface area contributed by atoms with Gasteiger partial charge in [-0.2, -0.15) is 0 Å². The molecule has 1 aromatic rings. The zero-order chi connectivity index (χ0) is 10.7. The van der Waals surface area contributed by atoms with Crippen LogP contribution in [0.1, 0.15) is 10.9 Å². The molecule has 4 heteroatoms. The first-order chi connectivity index (χ1) is 6.50. The van der Waals surface area contributed by atoms with Crippen LogP contribution in [-0.2, 0) is 0 Å². The van der Waals surface area contributed by atoms with Crippen molar-refractivity contribution in [2.75, 3.05) is 20.6 Å². The molecule has 0 bridgehead atoms. The minimum atomic E-state index is -0.0558. The SMILES string of the molecule is CN(C)CC(Cl)c1ccc(Cl)c(Cl)c1. The van der Waals surface area contributed by atoms with E-state index in [1.807, 2.05) is 31.1 Å². The highest BCUT2D eigenvalue weighted by Gasteiger charge is 2.10. The van der Waals surface area contributed by atoms with E-state index in [-0.39, 0.29) is 5.38 Å². The molecule has 0 fully saturated rings. The maximum absolute atomic E-state index is 6.18. The van der Waals surface area contributed by atoms with Crippen molar-refractivity contribution in [1.29, 1.82) is 0 Å². The van der Waals surface area contributed by atoms with Crippen LogP contribution < -0.4 is 0 Å². The summed E-state index contributed by atoms with van der Waals surface area (Å²) in [6, 6.07) is 5.48. The summed E-state index contributed by atoms with van der Waals surface area (Å²) in [5.74, 6) is 0. The van der Waals surface area contributed by atoms with Crippen LogP contribution in [-0.4, -0.2) is 25.5 Å². The maximum atomic E-state index is 6.18. The number of hydrogen-bond donors (Lipinski definition) is 0. The van der Waals surface area contributed by atoms with E-state index >= 15 is 0 Å². The molecule has 0 N–H and O–H groups in total. The second-order valence-electron chi connectivity index (χ2n) is 3.40. The van der Waals surface area contributed by atoms with Gasteiger partial charge in [0.15, 0.2) is 0 Å². The summed E-state index contributed by atoms with van der Waals surface area (Å²) in [7, 11) is 3.96. The Morgan fingerprint density at radius 2 is 1.86 bits per heavy atom. The van der Waals surface area contributed by atoms with Crippen molar-refractivity contribution >= 4 is 34.8 Å². The number of hydrogen-bond acceptors (Lipinski definition) is 1. The summed E-state index contributed by atoms with van der Waals surface area (Å²) in [5.41, 5.74) is 0.995. The molecule has 0 aliphatic rings. The van der Waals surface area contributed by atoms with Crippen LogP contribution in [0, 0.1) is 0 Å². The normalized spacial score (nSPS) is 13.3. The molecule has 0 aromatic heterocycles.